The first-order valence-electron chi connectivity index (χ1n) is 9.31. The first kappa shape index (κ1) is 18.5. The number of hydrogen-bond acceptors (Lipinski definition) is 2. The van der Waals surface area contributed by atoms with E-state index < -0.39 is 8.32 Å². The average molecular weight is 327 g/mol. The van der Waals surface area contributed by atoms with E-state index in [4.69, 9.17) is 4.43 Å². The van der Waals surface area contributed by atoms with Gasteiger partial charge in [0.15, 0.2) is 8.32 Å². The highest BCUT2D eigenvalue weighted by atomic mass is 28.4. The van der Waals surface area contributed by atoms with Gasteiger partial charge in [-0.1, -0.05) is 41.0 Å². The summed E-state index contributed by atoms with van der Waals surface area (Å²) in [6.45, 7) is 16.9. The van der Waals surface area contributed by atoms with Crippen LogP contribution in [0.3, 0.4) is 0 Å². The van der Waals surface area contributed by atoms with Gasteiger partial charge in [-0.05, 0) is 67.0 Å². The Labute approximate surface area is 139 Å². The first-order chi connectivity index (χ1) is 10.0. The van der Waals surface area contributed by atoms with Gasteiger partial charge in [-0.15, -0.1) is 0 Å². The van der Waals surface area contributed by atoms with Crippen molar-refractivity contribution >= 4 is 8.32 Å². The van der Waals surface area contributed by atoms with Crippen LogP contribution in [-0.2, 0) is 4.43 Å². The van der Waals surface area contributed by atoms with Gasteiger partial charge in [0.05, 0.1) is 0 Å². The van der Waals surface area contributed by atoms with Crippen molar-refractivity contribution in [2.75, 3.05) is 6.61 Å². The molecule has 0 aromatic carbocycles. The van der Waals surface area contributed by atoms with Crippen LogP contribution in [0, 0.1) is 23.2 Å². The molecule has 5 unspecified atom stereocenters. The second-order valence-corrected chi connectivity index (χ2v) is 14.5. The highest BCUT2D eigenvalue weighted by Gasteiger charge is 2.54. The van der Waals surface area contributed by atoms with E-state index in [1.807, 2.05) is 0 Å². The van der Waals surface area contributed by atoms with Crippen molar-refractivity contribution in [2.45, 2.75) is 91.0 Å². The minimum Gasteiger partial charge on any atom is -0.414 e. The lowest BCUT2D eigenvalue weighted by molar-refractivity contribution is -0.0259. The zero-order valence-electron chi connectivity index (χ0n) is 15.9. The fourth-order valence-electron chi connectivity index (χ4n) is 4.92. The summed E-state index contributed by atoms with van der Waals surface area (Å²) in [6, 6.07) is 0. The molecular weight excluding hydrogens is 288 g/mol. The molecule has 2 aliphatic rings. The fraction of sp³-hybridized carbons (Fsp3) is 1.00. The van der Waals surface area contributed by atoms with Gasteiger partial charge < -0.3 is 9.53 Å². The zero-order chi connectivity index (χ0) is 16.8. The molecule has 0 aromatic heterocycles. The third kappa shape index (κ3) is 3.18. The molecule has 2 fully saturated rings. The molecule has 0 spiro atoms. The van der Waals surface area contributed by atoms with Crippen LogP contribution in [0.25, 0.3) is 0 Å². The Morgan fingerprint density at radius 1 is 1.23 bits per heavy atom. The van der Waals surface area contributed by atoms with Crippen LogP contribution in [0.4, 0.5) is 0 Å². The van der Waals surface area contributed by atoms with E-state index >= 15 is 0 Å². The molecular formula is C19H38O2Si. The normalized spacial score (nSPS) is 37.9. The van der Waals surface area contributed by atoms with E-state index in [2.05, 4.69) is 47.7 Å². The van der Waals surface area contributed by atoms with E-state index in [0.29, 0.717) is 35.9 Å². The first-order valence-corrected chi connectivity index (χ1v) is 12.2. The van der Waals surface area contributed by atoms with Crippen LogP contribution in [0.2, 0.25) is 18.1 Å². The molecule has 0 bridgehead atoms. The van der Waals surface area contributed by atoms with Crippen LogP contribution in [0.1, 0.15) is 66.7 Å². The highest BCUT2D eigenvalue weighted by molar-refractivity contribution is 6.74. The molecule has 0 saturated heterocycles. The van der Waals surface area contributed by atoms with Gasteiger partial charge in [0, 0.05) is 12.7 Å². The van der Waals surface area contributed by atoms with Crippen LogP contribution in [0.15, 0.2) is 0 Å². The average Bonchev–Trinajstić information content (AvgIpc) is 2.74. The Morgan fingerprint density at radius 2 is 1.86 bits per heavy atom. The second kappa shape index (κ2) is 6.21. The Morgan fingerprint density at radius 3 is 2.41 bits per heavy atom. The predicted molar refractivity (Wildman–Crippen MR) is 96.5 cm³/mol. The molecule has 3 heteroatoms. The number of fused-ring (bicyclic) bond motifs is 1. The van der Waals surface area contributed by atoms with Crippen LogP contribution >= 0.6 is 0 Å². The van der Waals surface area contributed by atoms with Gasteiger partial charge in [0.2, 0.25) is 0 Å². The fourth-order valence-corrected chi connectivity index (χ4v) is 6.31. The Balaban J connectivity index is 2.17. The van der Waals surface area contributed by atoms with E-state index in [-0.39, 0.29) is 5.04 Å². The topological polar surface area (TPSA) is 29.5 Å². The van der Waals surface area contributed by atoms with Crippen molar-refractivity contribution < 1.29 is 9.53 Å². The van der Waals surface area contributed by atoms with Crippen LogP contribution < -0.4 is 0 Å². The molecule has 0 amide bonds. The van der Waals surface area contributed by atoms with Crippen molar-refractivity contribution in [2.24, 2.45) is 23.2 Å². The van der Waals surface area contributed by atoms with E-state index in [1.165, 1.54) is 32.1 Å². The smallest absolute Gasteiger partial charge is 0.192 e. The van der Waals surface area contributed by atoms with E-state index in [0.717, 1.165) is 0 Å². The Hall–Kier alpha value is 0.137. The molecule has 0 heterocycles. The standard InChI is InChI=1S/C19H38O2Si/c1-14(13-20)15-10-11-16-17(9-8-12-19(15,16)5)21-22(6,7)18(2,3)4/h14-17,20H,8-13H2,1-7H3. The van der Waals surface area contributed by atoms with Gasteiger partial charge in [-0.3, -0.25) is 0 Å². The molecule has 22 heavy (non-hydrogen) atoms. The maximum absolute atomic E-state index is 9.63. The van der Waals surface area contributed by atoms with Gasteiger partial charge >= 0.3 is 0 Å². The van der Waals surface area contributed by atoms with Crippen molar-refractivity contribution in [1.29, 1.82) is 0 Å². The summed E-state index contributed by atoms with van der Waals surface area (Å²) in [7, 11) is -1.69. The van der Waals surface area contributed by atoms with Gasteiger partial charge in [-0.2, -0.15) is 0 Å². The molecule has 2 saturated carbocycles. The predicted octanol–water partition coefficient (Wildman–Crippen LogP) is 5.22. The van der Waals surface area contributed by atoms with Crippen molar-refractivity contribution in [1.82, 2.24) is 0 Å². The summed E-state index contributed by atoms with van der Waals surface area (Å²) < 4.78 is 6.86. The highest BCUT2D eigenvalue weighted by Crippen LogP contribution is 2.59. The van der Waals surface area contributed by atoms with E-state index in [9.17, 15) is 5.11 Å². The molecule has 2 aliphatic carbocycles. The third-order valence-corrected chi connectivity index (χ3v) is 11.9. The zero-order valence-corrected chi connectivity index (χ0v) is 16.9. The van der Waals surface area contributed by atoms with E-state index in [1.54, 1.807) is 0 Å². The Kier molecular flexibility index (Phi) is 5.22. The quantitative estimate of drug-likeness (QED) is 0.718. The number of aliphatic hydroxyl groups excluding tert-OH is 1. The van der Waals surface area contributed by atoms with Gasteiger partial charge in [0.1, 0.15) is 0 Å². The molecule has 0 radical (unpaired) electrons. The lowest BCUT2D eigenvalue weighted by Gasteiger charge is -2.49. The molecule has 2 rings (SSSR count). The SMILES string of the molecule is CC(CO)C1CCC2C(O[Si](C)(C)C(C)(C)C)CCCC12C. The number of aliphatic hydroxyl groups is 1. The Bertz CT molecular complexity index is 387. The lowest BCUT2D eigenvalue weighted by atomic mass is 9.62. The summed E-state index contributed by atoms with van der Waals surface area (Å²) in [6.07, 6.45) is 6.89. The molecule has 2 nitrogen and oxygen atoms in total. The molecule has 130 valence electrons. The van der Waals surface area contributed by atoms with Crippen molar-refractivity contribution in [3.05, 3.63) is 0 Å². The van der Waals surface area contributed by atoms with Crippen LogP contribution in [0.5, 0.6) is 0 Å². The van der Waals surface area contributed by atoms with Gasteiger partial charge in [0.25, 0.3) is 0 Å². The monoisotopic (exact) mass is 326 g/mol. The van der Waals surface area contributed by atoms with Crippen molar-refractivity contribution in [3.63, 3.8) is 0 Å². The summed E-state index contributed by atoms with van der Waals surface area (Å²) in [5.41, 5.74) is 0.382. The lowest BCUT2D eigenvalue weighted by Crippen LogP contribution is -2.50. The number of rotatable bonds is 4. The maximum atomic E-state index is 9.63. The summed E-state index contributed by atoms with van der Waals surface area (Å²) in [5.74, 6) is 1.81. The summed E-state index contributed by atoms with van der Waals surface area (Å²) in [4.78, 5) is 0. The minimum atomic E-state index is -1.69. The summed E-state index contributed by atoms with van der Waals surface area (Å²) in [5, 5.41) is 9.92. The molecule has 1 N–H and O–H groups in total. The van der Waals surface area contributed by atoms with Gasteiger partial charge in [-0.25, -0.2) is 0 Å². The summed E-state index contributed by atoms with van der Waals surface area (Å²) >= 11 is 0. The maximum Gasteiger partial charge on any atom is 0.192 e. The largest absolute Gasteiger partial charge is 0.414 e. The minimum absolute atomic E-state index is 0.289. The van der Waals surface area contributed by atoms with Crippen LogP contribution in [-0.4, -0.2) is 26.1 Å². The molecule has 0 aromatic rings. The molecule has 0 aliphatic heterocycles. The molecule has 5 atom stereocenters. The number of hydrogen-bond donors (Lipinski definition) is 1. The van der Waals surface area contributed by atoms with Crippen molar-refractivity contribution in [3.8, 4) is 0 Å². The second-order valence-electron chi connectivity index (χ2n) is 9.76. The third-order valence-electron chi connectivity index (χ3n) is 7.36.